The molecule has 1 atom stereocenters. The minimum Gasteiger partial charge on any atom is -0.284 e. The number of hydrogen-bond acceptors (Lipinski definition) is 1. The average molecular weight is 212 g/mol. The fourth-order valence-electron chi connectivity index (χ4n) is 2.46. The zero-order valence-electron chi connectivity index (χ0n) is 9.60. The van der Waals surface area contributed by atoms with Gasteiger partial charge in [-0.15, -0.1) is 13.2 Å². The van der Waals surface area contributed by atoms with Gasteiger partial charge < -0.3 is 0 Å². The third kappa shape index (κ3) is 2.10. The molecule has 0 saturated carbocycles. The highest BCUT2D eigenvalue weighted by Crippen LogP contribution is 2.35. The van der Waals surface area contributed by atoms with E-state index in [0.29, 0.717) is 6.04 Å². The number of benzene rings is 1. The van der Waals surface area contributed by atoms with Gasteiger partial charge in [-0.05, 0) is 24.0 Å². The second kappa shape index (κ2) is 5.13. The third-order valence-electron chi connectivity index (χ3n) is 3.14. The first-order valence-electron chi connectivity index (χ1n) is 5.77. The van der Waals surface area contributed by atoms with Gasteiger partial charge in [0, 0.05) is 19.1 Å². The Labute approximate surface area is 98.1 Å². The Morgan fingerprint density at radius 3 is 2.88 bits per heavy atom. The summed E-state index contributed by atoms with van der Waals surface area (Å²) in [5.74, 6) is 0. The molecule has 1 radical (unpaired) electrons. The molecule has 0 spiro atoms. The number of fused-ring (bicyclic) bond motifs is 1. The Kier molecular flexibility index (Phi) is 3.58. The largest absolute Gasteiger partial charge is 0.284 e. The Morgan fingerprint density at radius 2 is 2.12 bits per heavy atom. The summed E-state index contributed by atoms with van der Waals surface area (Å²) in [4.78, 5) is 2.31. The molecule has 1 aromatic carbocycles. The molecule has 1 nitrogen and oxygen atoms in total. The van der Waals surface area contributed by atoms with Crippen LogP contribution in [0.3, 0.4) is 0 Å². The van der Waals surface area contributed by atoms with Gasteiger partial charge in [0.15, 0.2) is 0 Å². The van der Waals surface area contributed by atoms with Crippen LogP contribution >= 0.6 is 0 Å². The molecule has 2 rings (SSSR count). The number of nitrogens with zero attached hydrogens (tertiary/aromatic N) is 1. The summed E-state index contributed by atoms with van der Waals surface area (Å²) in [6.45, 7) is 10.5. The lowest BCUT2D eigenvalue weighted by Gasteiger charge is -2.26. The minimum atomic E-state index is 0.493. The van der Waals surface area contributed by atoms with Crippen molar-refractivity contribution >= 4 is 0 Å². The third-order valence-corrected chi connectivity index (χ3v) is 3.14. The van der Waals surface area contributed by atoms with Crippen LogP contribution < -0.4 is 0 Å². The lowest BCUT2D eigenvalue weighted by molar-refractivity contribution is 0.282. The predicted octanol–water partition coefficient (Wildman–Crippen LogP) is 3.51. The summed E-state index contributed by atoms with van der Waals surface area (Å²) in [6, 6.07) is 9.20. The molecule has 1 heteroatoms. The van der Waals surface area contributed by atoms with Crippen molar-refractivity contribution in [3.8, 4) is 0 Å². The quantitative estimate of drug-likeness (QED) is 0.675. The Morgan fingerprint density at radius 1 is 1.31 bits per heavy atom. The van der Waals surface area contributed by atoms with Gasteiger partial charge in [0.05, 0.1) is 0 Å². The van der Waals surface area contributed by atoms with Crippen molar-refractivity contribution in [3.63, 3.8) is 0 Å². The molecule has 0 aliphatic heterocycles. The molecule has 0 saturated heterocycles. The second-order valence-electron chi connectivity index (χ2n) is 4.12. The number of aryl methyl sites for hydroxylation is 1. The summed E-state index contributed by atoms with van der Waals surface area (Å²) >= 11 is 0. The maximum absolute atomic E-state index is 3.81. The topological polar surface area (TPSA) is 3.24 Å². The van der Waals surface area contributed by atoms with Gasteiger partial charge in [0.2, 0.25) is 0 Å². The van der Waals surface area contributed by atoms with E-state index >= 15 is 0 Å². The minimum absolute atomic E-state index is 0.493. The molecule has 1 aliphatic rings. The predicted molar refractivity (Wildman–Crippen MR) is 68.9 cm³/mol. The van der Waals surface area contributed by atoms with E-state index in [1.165, 1.54) is 24.0 Å². The molecule has 0 amide bonds. The fourth-order valence-corrected chi connectivity index (χ4v) is 2.46. The highest BCUT2D eigenvalue weighted by Gasteiger charge is 2.26. The van der Waals surface area contributed by atoms with Crippen molar-refractivity contribution in [2.75, 3.05) is 6.54 Å². The molecule has 1 unspecified atom stereocenters. The van der Waals surface area contributed by atoms with Crippen LogP contribution in [0.25, 0.3) is 0 Å². The van der Waals surface area contributed by atoms with Crippen LogP contribution in [-0.2, 0) is 6.42 Å². The van der Waals surface area contributed by atoms with E-state index in [1.807, 2.05) is 12.2 Å². The molecular weight excluding hydrogens is 194 g/mol. The fraction of sp³-hybridized carbons (Fsp3) is 0.267. The summed E-state index contributed by atoms with van der Waals surface area (Å²) in [5, 5.41) is 0. The number of rotatable bonds is 5. The molecule has 1 aromatic rings. The van der Waals surface area contributed by atoms with Crippen molar-refractivity contribution in [3.05, 3.63) is 67.2 Å². The van der Waals surface area contributed by atoms with Crippen molar-refractivity contribution in [2.24, 2.45) is 0 Å². The molecular formula is C15H18N. The van der Waals surface area contributed by atoms with E-state index in [2.05, 4.69) is 48.9 Å². The molecule has 0 aromatic heterocycles. The van der Waals surface area contributed by atoms with E-state index in [-0.39, 0.29) is 0 Å². The van der Waals surface area contributed by atoms with Gasteiger partial charge in [-0.25, -0.2) is 0 Å². The van der Waals surface area contributed by atoms with Gasteiger partial charge >= 0.3 is 0 Å². The van der Waals surface area contributed by atoms with Crippen LogP contribution in [0.1, 0.15) is 23.6 Å². The SMILES string of the molecule is C=C[CH]N(CC=C)C1CCc2ccccc21. The lowest BCUT2D eigenvalue weighted by Crippen LogP contribution is -2.24. The first kappa shape index (κ1) is 11.2. The van der Waals surface area contributed by atoms with Crippen molar-refractivity contribution < 1.29 is 0 Å². The van der Waals surface area contributed by atoms with Gasteiger partial charge in [0.1, 0.15) is 0 Å². The van der Waals surface area contributed by atoms with E-state index in [4.69, 9.17) is 0 Å². The van der Waals surface area contributed by atoms with Crippen LogP contribution in [-0.4, -0.2) is 11.4 Å². The lowest BCUT2D eigenvalue weighted by atomic mass is 10.1. The molecule has 0 bridgehead atoms. The zero-order valence-corrected chi connectivity index (χ0v) is 9.60. The van der Waals surface area contributed by atoms with Crippen molar-refractivity contribution in [2.45, 2.75) is 18.9 Å². The maximum atomic E-state index is 3.81. The van der Waals surface area contributed by atoms with E-state index < -0.39 is 0 Å². The van der Waals surface area contributed by atoms with Crippen LogP contribution in [0.2, 0.25) is 0 Å². The first-order chi connectivity index (χ1) is 7.86. The first-order valence-corrected chi connectivity index (χ1v) is 5.77. The Hall–Kier alpha value is -1.34. The Bertz CT molecular complexity index is 371. The molecule has 0 heterocycles. The van der Waals surface area contributed by atoms with Crippen LogP contribution in [0.4, 0.5) is 0 Å². The van der Waals surface area contributed by atoms with Gasteiger partial charge in [-0.3, -0.25) is 4.90 Å². The van der Waals surface area contributed by atoms with Crippen molar-refractivity contribution in [1.29, 1.82) is 0 Å². The number of hydrogen-bond donors (Lipinski definition) is 0. The van der Waals surface area contributed by atoms with Gasteiger partial charge in [0.25, 0.3) is 0 Å². The average Bonchev–Trinajstić information content (AvgIpc) is 2.72. The monoisotopic (exact) mass is 212 g/mol. The standard InChI is InChI=1S/C15H18N/c1-3-11-16(12-4-2)15-10-9-13-7-5-6-8-14(13)15/h3-8,11,15H,1-2,9-10,12H2. The summed E-state index contributed by atoms with van der Waals surface area (Å²) < 4.78 is 0. The Balaban J connectivity index is 2.21. The zero-order chi connectivity index (χ0) is 11.4. The molecule has 0 fully saturated rings. The maximum Gasteiger partial charge on any atom is 0.0477 e. The smallest absolute Gasteiger partial charge is 0.0477 e. The summed E-state index contributed by atoms with van der Waals surface area (Å²) in [7, 11) is 0. The van der Waals surface area contributed by atoms with E-state index in [0.717, 1.165) is 6.54 Å². The summed E-state index contributed by atoms with van der Waals surface area (Å²) in [6.07, 6.45) is 6.17. The second-order valence-corrected chi connectivity index (χ2v) is 4.12. The normalized spacial score (nSPS) is 18.4. The van der Waals surface area contributed by atoms with Crippen LogP contribution in [0.5, 0.6) is 0 Å². The van der Waals surface area contributed by atoms with E-state index in [1.54, 1.807) is 0 Å². The van der Waals surface area contributed by atoms with Gasteiger partial charge in [-0.2, -0.15) is 0 Å². The molecule has 0 N–H and O–H groups in total. The molecule has 1 aliphatic carbocycles. The van der Waals surface area contributed by atoms with Crippen LogP contribution in [0.15, 0.2) is 49.6 Å². The van der Waals surface area contributed by atoms with E-state index in [9.17, 15) is 0 Å². The molecule has 16 heavy (non-hydrogen) atoms. The van der Waals surface area contributed by atoms with Crippen molar-refractivity contribution in [1.82, 2.24) is 4.90 Å². The summed E-state index contributed by atoms with van der Waals surface area (Å²) in [5.41, 5.74) is 2.95. The highest BCUT2D eigenvalue weighted by atomic mass is 15.1. The van der Waals surface area contributed by atoms with Crippen LogP contribution in [0, 0.1) is 6.54 Å². The highest BCUT2D eigenvalue weighted by molar-refractivity contribution is 5.34. The molecule has 83 valence electrons. The van der Waals surface area contributed by atoms with Gasteiger partial charge in [-0.1, -0.05) is 36.4 Å².